The molecule has 0 aliphatic heterocycles. The molecule has 0 bridgehead atoms. The van der Waals surface area contributed by atoms with E-state index in [1.807, 2.05) is 11.3 Å². The minimum Gasteiger partial charge on any atom is -0.303 e. The molecule has 1 aliphatic carbocycles. The fourth-order valence-corrected chi connectivity index (χ4v) is 3.79. The van der Waals surface area contributed by atoms with E-state index in [9.17, 15) is 0 Å². The lowest BCUT2D eigenvalue weighted by molar-refractivity contribution is 0.418. The van der Waals surface area contributed by atoms with Gasteiger partial charge < -0.3 is 5.32 Å². The maximum Gasteiger partial charge on any atom is 0.0336 e. The van der Waals surface area contributed by atoms with Gasteiger partial charge in [-0.1, -0.05) is 30.3 Å². The predicted molar refractivity (Wildman–Crippen MR) is 78.0 cm³/mol. The highest BCUT2D eigenvalue weighted by Crippen LogP contribution is 2.34. The number of rotatable bonds is 3. The topological polar surface area (TPSA) is 12.0 Å². The maximum atomic E-state index is 3.78. The monoisotopic (exact) mass is 257 g/mol. The van der Waals surface area contributed by atoms with E-state index < -0.39 is 0 Å². The number of benzene rings is 1. The average Bonchev–Trinajstić information content (AvgIpc) is 2.89. The Morgan fingerprint density at radius 3 is 2.89 bits per heavy atom. The normalized spacial score (nSPS) is 20.4. The average molecular weight is 257 g/mol. The summed E-state index contributed by atoms with van der Waals surface area (Å²) in [7, 11) is 0. The van der Waals surface area contributed by atoms with Crippen LogP contribution in [0.4, 0.5) is 0 Å². The fourth-order valence-electron chi connectivity index (χ4n) is 2.80. The molecule has 2 atom stereocenters. The molecule has 1 aromatic carbocycles. The summed E-state index contributed by atoms with van der Waals surface area (Å²) in [6.45, 7) is 2.26. The Hall–Kier alpha value is -1.12. The van der Waals surface area contributed by atoms with Crippen molar-refractivity contribution in [3.63, 3.8) is 0 Å². The molecular weight excluding hydrogens is 238 g/mol. The van der Waals surface area contributed by atoms with E-state index >= 15 is 0 Å². The first-order valence-electron chi connectivity index (χ1n) is 6.72. The summed E-state index contributed by atoms with van der Waals surface area (Å²) in [6.07, 6.45) is 3.85. The Kier molecular flexibility index (Phi) is 3.48. The van der Waals surface area contributed by atoms with Gasteiger partial charge in [-0.25, -0.2) is 0 Å². The SMILES string of the molecule is CC(NC1CCCc2sccc21)c1ccccc1. The Labute approximate surface area is 113 Å². The number of hydrogen-bond acceptors (Lipinski definition) is 2. The second-order valence-electron chi connectivity index (χ2n) is 5.04. The lowest BCUT2D eigenvalue weighted by atomic mass is 9.93. The molecular formula is C16H19NS. The highest BCUT2D eigenvalue weighted by atomic mass is 32.1. The largest absolute Gasteiger partial charge is 0.303 e. The van der Waals surface area contributed by atoms with E-state index in [1.165, 1.54) is 30.4 Å². The molecule has 0 spiro atoms. The van der Waals surface area contributed by atoms with Crippen molar-refractivity contribution in [2.75, 3.05) is 0 Å². The summed E-state index contributed by atoms with van der Waals surface area (Å²) in [4.78, 5) is 1.58. The summed E-state index contributed by atoms with van der Waals surface area (Å²) in [6, 6.07) is 14.0. The van der Waals surface area contributed by atoms with E-state index in [1.54, 1.807) is 4.88 Å². The summed E-state index contributed by atoms with van der Waals surface area (Å²) in [5.74, 6) is 0. The van der Waals surface area contributed by atoms with E-state index in [0.29, 0.717) is 12.1 Å². The van der Waals surface area contributed by atoms with Crippen LogP contribution in [0.1, 0.15) is 47.9 Å². The molecule has 0 amide bonds. The van der Waals surface area contributed by atoms with Gasteiger partial charge in [0.25, 0.3) is 0 Å². The first kappa shape index (κ1) is 11.9. The van der Waals surface area contributed by atoms with Gasteiger partial charge in [0.1, 0.15) is 0 Å². The van der Waals surface area contributed by atoms with Gasteiger partial charge in [0.05, 0.1) is 0 Å². The van der Waals surface area contributed by atoms with Gasteiger partial charge in [-0.3, -0.25) is 0 Å². The van der Waals surface area contributed by atoms with E-state index in [-0.39, 0.29) is 0 Å². The first-order chi connectivity index (χ1) is 8.84. The number of fused-ring (bicyclic) bond motifs is 1. The summed E-state index contributed by atoms with van der Waals surface area (Å²) in [5.41, 5.74) is 2.91. The minimum absolute atomic E-state index is 0.419. The maximum absolute atomic E-state index is 3.78. The molecule has 1 N–H and O–H groups in total. The van der Waals surface area contributed by atoms with E-state index in [0.717, 1.165) is 0 Å². The molecule has 0 fully saturated rings. The van der Waals surface area contributed by atoms with Crippen LogP contribution in [0.15, 0.2) is 41.8 Å². The molecule has 1 aliphatic rings. The predicted octanol–water partition coefficient (Wildman–Crippen LogP) is 4.48. The van der Waals surface area contributed by atoms with E-state index in [4.69, 9.17) is 0 Å². The molecule has 3 rings (SSSR count). The van der Waals surface area contributed by atoms with Crippen molar-refractivity contribution in [1.82, 2.24) is 5.32 Å². The van der Waals surface area contributed by atoms with Crippen LogP contribution in [0.25, 0.3) is 0 Å². The highest BCUT2D eigenvalue weighted by Gasteiger charge is 2.22. The Morgan fingerprint density at radius 2 is 2.06 bits per heavy atom. The zero-order valence-corrected chi connectivity index (χ0v) is 11.5. The van der Waals surface area contributed by atoms with Gasteiger partial charge in [-0.15, -0.1) is 11.3 Å². The molecule has 1 nitrogen and oxygen atoms in total. The quantitative estimate of drug-likeness (QED) is 0.855. The number of nitrogens with one attached hydrogen (secondary N) is 1. The number of hydrogen-bond donors (Lipinski definition) is 1. The van der Waals surface area contributed by atoms with Gasteiger partial charge in [0, 0.05) is 17.0 Å². The van der Waals surface area contributed by atoms with E-state index in [2.05, 4.69) is 54.0 Å². The van der Waals surface area contributed by atoms with Crippen molar-refractivity contribution in [1.29, 1.82) is 0 Å². The molecule has 2 aromatic rings. The van der Waals surface area contributed by atoms with Crippen LogP contribution in [0.2, 0.25) is 0 Å². The summed E-state index contributed by atoms with van der Waals surface area (Å²) in [5, 5.41) is 6.02. The molecule has 2 unspecified atom stereocenters. The fraction of sp³-hybridized carbons (Fsp3) is 0.375. The Balaban J connectivity index is 1.75. The van der Waals surface area contributed by atoms with Crippen LogP contribution in [-0.4, -0.2) is 0 Å². The highest BCUT2D eigenvalue weighted by molar-refractivity contribution is 7.10. The zero-order chi connectivity index (χ0) is 12.4. The van der Waals surface area contributed by atoms with Crippen LogP contribution in [0, 0.1) is 0 Å². The molecule has 0 saturated carbocycles. The molecule has 0 saturated heterocycles. The minimum atomic E-state index is 0.419. The number of thiophene rings is 1. The Bertz CT molecular complexity index is 503. The van der Waals surface area contributed by atoms with Crippen molar-refractivity contribution >= 4 is 11.3 Å². The third-order valence-corrected chi connectivity index (χ3v) is 4.80. The standard InChI is InChI=1S/C16H19NS/c1-12(13-6-3-2-4-7-13)17-15-8-5-9-16-14(15)10-11-18-16/h2-4,6-7,10-12,15,17H,5,8-9H2,1H3. The lowest BCUT2D eigenvalue weighted by Gasteiger charge is -2.27. The van der Waals surface area contributed by atoms with Gasteiger partial charge in [0.15, 0.2) is 0 Å². The van der Waals surface area contributed by atoms with Crippen molar-refractivity contribution in [3.8, 4) is 0 Å². The number of aryl methyl sites for hydroxylation is 1. The van der Waals surface area contributed by atoms with Crippen molar-refractivity contribution < 1.29 is 0 Å². The van der Waals surface area contributed by atoms with Crippen LogP contribution < -0.4 is 5.32 Å². The lowest BCUT2D eigenvalue weighted by Crippen LogP contribution is -2.27. The third kappa shape index (κ3) is 2.36. The Morgan fingerprint density at radius 1 is 1.22 bits per heavy atom. The third-order valence-electron chi connectivity index (χ3n) is 3.80. The van der Waals surface area contributed by atoms with Crippen molar-refractivity contribution in [2.45, 2.75) is 38.3 Å². The zero-order valence-electron chi connectivity index (χ0n) is 10.7. The van der Waals surface area contributed by atoms with Crippen molar-refractivity contribution in [2.24, 2.45) is 0 Å². The second kappa shape index (κ2) is 5.25. The molecule has 0 radical (unpaired) electrons. The van der Waals surface area contributed by atoms with Gasteiger partial charge in [-0.2, -0.15) is 0 Å². The molecule has 2 heteroatoms. The van der Waals surface area contributed by atoms with Crippen LogP contribution in [-0.2, 0) is 6.42 Å². The van der Waals surface area contributed by atoms with Crippen LogP contribution in [0.3, 0.4) is 0 Å². The van der Waals surface area contributed by atoms with Crippen LogP contribution in [0.5, 0.6) is 0 Å². The summed E-state index contributed by atoms with van der Waals surface area (Å²) < 4.78 is 0. The van der Waals surface area contributed by atoms with Gasteiger partial charge >= 0.3 is 0 Å². The van der Waals surface area contributed by atoms with Crippen LogP contribution >= 0.6 is 11.3 Å². The van der Waals surface area contributed by atoms with Crippen molar-refractivity contribution in [3.05, 3.63) is 57.8 Å². The molecule has 1 heterocycles. The first-order valence-corrected chi connectivity index (χ1v) is 7.60. The summed E-state index contributed by atoms with van der Waals surface area (Å²) >= 11 is 1.91. The molecule has 18 heavy (non-hydrogen) atoms. The van der Waals surface area contributed by atoms with Gasteiger partial charge in [0.2, 0.25) is 0 Å². The smallest absolute Gasteiger partial charge is 0.0336 e. The second-order valence-corrected chi connectivity index (χ2v) is 6.04. The molecule has 1 aromatic heterocycles. The molecule has 94 valence electrons. The van der Waals surface area contributed by atoms with Gasteiger partial charge in [-0.05, 0) is 48.8 Å².